The molecule has 1 aliphatic rings. The van der Waals surface area contributed by atoms with Gasteiger partial charge in [0.25, 0.3) is 0 Å². The number of thiazole rings is 1. The van der Waals surface area contributed by atoms with Gasteiger partial charge in [-0.3, -0.25) is 0 Å². The van der Waals surface area contributed by atoms with Crippen molar-refractivity contribution in [2.75, 3.05) is 6.54 Å². The summed E-state index contributed by atoms with van der Waals surface area (Å²) >= 11 is 1.93. The highest BCUT2D eigenvalue weighted by Crippen LogP contribution is 2.41. The topological polar surface area (TPSA) is 24.9 Å². The van der Waals surface area contributed by atoms with Gasteiger partial charge in [0.2, 0.25) is 0 Å². The molecule has 0 bridgehead atoms. The van der Waals surface area contributed by atoms with E-state index in [2.05, 4.69) is 33.0 Å². The van der Waals surface area contributed by atoms with Gasteiger partial charge in [0.1, 0.15) is 5.01 Å². The number of hydrogen-bond acceptors (Lipinski definition) is 3. The van der Waals surface area contributed by atoms with E-state index in [4.69, 9.17) is 4.98 Å². The fourth-order valence-electron chi connectivity index (χ4n) is 3.87. The molecule has 0 saturated heterocycles. The smallest absolute Gasteiger partial charge is 0.113 e. The highest BCUT2D eigenvalue weighted by molar-refractivity contribution is 7.11. The SMILES string of the molecule is CCCC1CCCC(NCC)(c2nc(CC)c(C)s2)CC1. The number of rotatable bonds is 6. The zero-order valence-corrected chi connectivity index (χ0v) is 15.1. The monoisotopic (exact) mass is 308 g/mol. The zero-order chi connectivity index (χ0) is 15.3. The van der Waals surface area contributed by atoms with E-state index in [0.717, 1.165) is 18.9 Å². The van der Waals surface area contributed by atoms with Crippen LogP contribution in [0.15, 0.2) is 0 Å². The molecule has 0 spiro atoms. The van der Waals surface area contributed by atoms with Crippen LogP contribution in [-0.4, -0.2) is 11.5 Å². The predicted molar refractivity (Wildman–Crippen MR) is 93.1 cm³/mol. The summed E-state index contributed by atoms with van der Waals surface area (Å²) in [5.41, 5.74) is 1.46. The summed E-state index contributed by atoms with van der Waals surface area (Å²) in [5.74, 6) is 0.933. The van der Waals surface area contributed by atoms with Crippen LogP contribution in [0.5, 0.6) is 0 Å². The maximum absolute atomic E-state index is 5.01. The van der Waals surface area contributed by atoms with Gasteiger partial charge < -0.3 is 5.32 Å². The van der Waals surface area contributed by atoms with Crippen LogP contribution in [0, 0.1) is 12.8 Å². The van der Waals surface area contributed by atoms with Crippen LogP contribution in [0.2, 0.25) is 0 Å². The third-order valence-corrected chi connectivity index (χ3v) is 6.26. The van der Waals surface area contributed by atoms with Crippen molar-refractivity contribution < 1.29 is 0 Å². The first kappa shape index (κ1) is 17.0. The van der Waals surface area contributed by atoms with Crippen molar-refractivity contribution in [3.05, 3.63) is 15.6 Å². The quantitative estimate of drug-likeness (QED) is 0.731. The lowest BCUT2D eigenvalue weighted by Gasteiger charge is -2.32. The zero-order valence-electron chi connectivity index (χ0n) is 14.3. The van der Waals surface area contributed by atoms with Gasteiger partial charge in [-0.2, -0.15) is 0 Å². The Morgan fingerprint density at radius 3 is 2.67 bits per heavy atom. The van der Waals surface area contributed by atoms with Gasteiger partial charge >= 0.3 is 0 Å². The van der Waals surface area contributed by atoms with E-state index in [1.807, 2.05) is 11.3 Å². The first-order valence-corrected chi connectivity index (χ1v) is 9.68. The van der Waals surface area contributed by atoms with E-state index in [-0.39, 0.29) is 5.54 Å². The average molecular weight is 309 g/mol. The van der Waals surface area contributed by atoms with Crippen LogP contribution in [0.3, 0.4) is 0 Å². The number of hydrogen-bond donors (Lipinski definition) is 1. The van der Waals surface area contributed by atoms with Crippen molar-refractivity contribution >= 4 is 11.3 Å². The molecular formula is C18H32N2S. The van der Waals surface area contributed by atoms with Gasteiger partial charge in [0, 0.05) is 4.88 Å². The molecule has 21 heavy (non-hydrogen) atoms. The summed E-state index contributed by atoms with van der Waals surface area (Å²) in [5, 5.41) is 5.19. The minimum atomic E-state index is 0.153. The molecule has 2 nitrogen and oxygen atoms in total. The highest BCUT2D eigenvalue weighted by atomic mass is 32.1. The Balaban J connectivity index is 2.23. The Hall–Kier alpha value is -0.410. The molecule has 1 N–H and O–H groups in total. The minimum Gasteiger partial charge on any atom is -0.306 e. The molecule has 1 aromatic rings. The molecule has 2 unspecified atom stereocenters. The van der Waals surface area contributed by atoms with Gasteiger partial charge in [-0.15, -0.1) is 11.3 Å². The molecule has 1 fully saturated rings. The number of nitrogens with one attached hydrogen (secondary N) is 1. The second-order valence-electron chi connectivity index (χ2n) is 6.57. The normalized spacial score (nSPS) is 26.8. The Labute approximate surface area is 134 Å². The summed E-state index contributed by atoms with van der Waals surface area (Å²) < 4.78 is 0. The lowest BCUT2D eigenvalue weighted by Crippen LogP contribution is -2.42. The van der Waals surface area contributed by atoms with Crippen molar-refractivity contribution in [2.45, 2.75) is 84.6 Å². The lowest BCUT2D eigenvalue weighted by atomic mass is 9.89. The van der Waals surface area contributed by atoms with Crippen LogP contribution < -0.4 is 5.32 Å². The van der Waals surface area contributed by atoms with Crippen LogP contribution in [0.4, 0.5) is 0 Å². The summed E-state index contributed by atoms with van der Waals surface area (Å²) in [7, 11) is 0. The van der Waals surface area contributed by atoms with Crippen molar-refractivity contribution in [2.24, 2.45) is 5.92 Å². The molecule has 0 radical (unpaired) electrons. The molecular weight excluding hydrogens is 276 g/mol. The summed E-state index contributed by atoms with van der Waals surface area (Å²) in [6.07, 6.45) is 10.4. The number of aromatic nitrogens is 1. The molecule has 0 aliphatic heterocycles. The third kappa shape index (κ3) is 3.87. The molecule has 1 aromatic heterocycles. The maximum atomic E-state index is 5.01. The Kier molecular flexibility index (Phi) is 6.24. The molecule has 0 amide bonds. The van der Waals surface area contributed by atoms with Gasteiger partial charge in [-0.05, 0) is 45.1 Å². The first-order chi connectivity index (χ1) is 10.1. The van der Waals surface area contributed by atoms with Crippen molar-refractivity contribution in [1.29, 1.82) is 0 Å². The van der Waals surface area contributed by atoms with Gasteiger partial charge in [0.05, 0.1) is 11.2 Å². The lowest BCUT2D eigenvalue weighted by molar-refractivity contribution is 0.289. The van der Waals surface area contributed by atoms with E-state index in [1.165, 1.54) is 60.5 Å². The van der Waals surface area contributed by atoms with Crippen LogP contribution in [0.1, 0.15) is 81.3 Å². The van der Waals surface area contributed by atoms with E-state index in [1.54, 1.807) is 0 Å². The van der Waals surface area contributed by atoms with E-state index in [0.29, 0.717) is 0 Å². The predicted octanol–water partition coefficient (Wildman–Crippen LogP) is 5.20. The fourth-order valence-corrected chi connectivity index (χ4v) is 5.10. The van der Waals surface area contributed by atoms with E-state index < -0.39 is 0 Å². The minimum absolute atomic E-state index is 0.153. The average Bonchev–Trinajstić information content (AvgIpc) is 2.74. The molecule has 2 atom stereocenters. The van der Waals surface area contributed by atoms with Crippen molar-refractivity contribution in [3.8, 4) is 0 Å². The largest absolute Gasteiger partial charge is 0.306 e. The van der Waals surface area contributed by atoms with Gasteiger partial charge in [0.15, 0.2) is 0 Å². The summed E-state index contributed by atoms with van der Waals surface area (Å²) in [6, 6.07) is 0. The molecule has 1 aliphatic carbocycles. The van der Waals surface area contributed by atoms with Crippen LogP contribution in [0.25, 0.3) is 0 Å². The second-order valence-corrected chi connectivity index (χ2v) is 7.78. The molecule has 1 saturated carbocycles. The number of nitrogens with zero attached hydrogens (tertiary/aromatic N) is 1. The molecule has 1 heterocycles. The van der Waals surface area contributed by atoms with Gasteiger partial charge in [-0.1, -0.05) is 46.5 Å². The maximum Gasteiger partial charge on any atom is 0.113 e. The van der Waals surface area contributed by atoms with Crippen molar-refractivity contribution in [3.63, 3.8) is 0 Å². The second kappa shape index (κ2) is 7.73. The van der Waals surface area contributed by atoms with Crippen molar-refractivity contribution in [1.82, 2.24) is 10.3 Å². The molecule has 3 heteroatoms. The number of aryl methyl sites for hydroxylation is 2. The van der Waals surface area contributed by atoms with Gasteiger partial charge in [-0.25, -0.2) is 4.98 Å². The Morgan fingerprint density at radius 2 is 2.05 bits per heavy atom. The Morgan fingerprint density at radius 1 is 1.24 bits per heavy atom. The standard InChI is InChI=1S/C18H32N2S/c1-5-9-15-10-8-12-18(13-11-15,19-7-3)17-20-16(6-2)14(4)21-17/h15,19H,5-13H2,1-4H3. The summed E-state index contributed by atoms with van der Waals surface area (Å²) in [4.78, 5) is 6.43. The third-order valence-electron chi connectivity index (χ3n) is 5.04. The summed E-state index contributed by atoms with van der Waals surface area (Å²) in [6.45, 7) is 10.0. The molecule has 2 rings (SSSR count). The highest BCUT2D eigenvalue weighted by Gasteiger charge is 2.36. The van der Waals surface area contributed by atoms with Crippen LogP contribution in [-0.2, 0) is 12.0 Å². The fraction of sp³-hybridized carbons (Fsp3) is 0.833. The van der Waals surface area contributed by atoms with E-state index in [9.17, 15) is 0 Å². The van der Waals surface area contributed by atoms with Crippen LogP contribution >= 0.6 is 11.3 Å². The van der Waals surface area contributed by atoms with E-state index >= 15 is 0 Å². The first-order valence-electron chi connectivity index (χ1n) is 8.87. The molecule has 0 aromatic carbocycles. The molecule has 120 valence electrons. The Bertz CT molecular complexity index is 440.